The number of halogens is 2. The van der Waals surface area contributed by atoms with Gasteiger partial charge in [-0.05, 0) is 74.2 Å². The Morgan fingerprint density at radius 1 is 1.14 bits per heavy atom. The summed E-state index contributed by atoms with van der Waals surface area (Å²) < 4.78 is 8.82. The molecule has 1 aliphatic carbocycles. The highest BCUT2D eigenvalue weighted by Gasteiger charge is 2.19. The molecule has 0 saturated carbocycles. The van der Waals surface area contributed by atoms with Crippen LogP contribution in [0, 0.1) is 0 Å². The second-order valence-corrected chi connectivity index (χ2v) is 10.3. The molecular formula is C35H60BrClN3O3P. The lowest BCUT2D eigenvalue weighted by molar-refractivity contribution is 0.295. The van der Waals surface area contributed by atoms with Gasteiger partial charge < -0.3 is 14.7 Å². The molecule has 1 aromatic heterocycles. The zero-order chi connectivity index (χ0) is 34.2. The smallest absolute Gasteiger partial charge is 0.316 e. The third kappa shape index (κ3) is 21.7. The van der Waals surface area contributed by atoms with Crippen molar-refractivity contribution < 1.29 is 9.84 Å². The maximum absolute atomic E-state index is 13.5. The second kappa shape index (κ2) is 34.0. The number of aromatic nitrogens is 2. The van der Waals surface area contributed by atoms with Gasteiger partial charge in [0.15, 0.2) is 0 Å². The van der Waals surface area contributed by atoms with Crippen LogP contribution in [0.25, 0.3) is 6.20 Å². The number of allylic oxidation sites excluding steroid dienone is 9. The molecule has 0 radical (unpaired) electrons. The predicted octanol–water partition coefficient (Wildman–Crippen LogP) is 11.0. The topological polar surface area (TPSA) is 67.6 Å². The van der Waals surface area contributed by atoms with Gasteiger partial charge in [-0.2, -0.15) is 5.10 Å². The fourth-order valence-corrected chi connectivity index (χ4v) is 4.37. The molecule has 1 heterocycles. The van der Waals surface area contributed by atoms with Gasteiger partial charge in [-0.3, -0.25) is 4.79 Å². The summed E-state index contributed by atoms with van der Waals surface area (Å²) in [5, 5.41) is 12.8. The van der Waals surface area contributed by atoms with Crippen LogP contribution in [-0.2, 0) is 0 Å². The largest absolute Gasteiger partial charge is 0.454 e. The second-order valence-electron chi connectivity index (χ2n) is 8.44. The van der Waals surface area contributed by atoms with Crippen molar-refractivity contribution in [2.45, 2.75) is 107 Å². The first-order chi connectivity index (χ1) is 21.4. The van der Waals surface area contributed by atoms with E-state index in [9.17, 15) is 4.79 Å². The van der Waals surface area contributed by atoms with Gasteiger partial charge in [-0.15, -0.1) is 9.24 Å². The van der Waals surface area contributed by atoms with Gasteiger partial charge >= 0.3 is 5.56 Å². The molecule has 6 nitrogen and oxygen atoms in total. The van der Waals surface area contributed by atoms with Gasteiger partial charge in [-0.25, -0.2) is 4.68 Å². The maximum Gasteiger partial charge on any atom is 0.316 e. The zero-order valence-electron chi connectivity index (χ0n) is 28.8. The summed E-state index contributed by atoms with van der Waals surface area (Å²) in [6.45, 7) is 20.0. The first-order valence-electron chi connectivity index (χ1n) is 16.1. The van der Waals surface area contributed by atoms with Gasteiger partial charge in [0.25, 0.3) is 0 Å². The highest BCUT2D eigenvalue weighted by Crippen LogP contribution is 2.29. The lowest BCUT2D eigenvalue weighted by Crippen LogP contribution is -2.30. The number of ether oxygens (including phenoxy) is 1. The first kappa shape index (κ1) is 46.5. The van der Waals surface area contributed by atoms with Crippen LogP contribution in [-0.4, -0.2) is 34.6 Å². The van der Waals surface area contributed by atoms with Crippen LogP contribution in [0.15, 0.2) is 74.6 Å². The lowest BCUT2D eigenvalue weighted by atomic mass is 10.1. The fraction of sp³-hybridized carbons (Fsp3) is 0.543. The Bertz CT molecular complexity index is 1080. The highest BCUT2D eigenvalue weighted by atomic mass is 79.9. The molecule has 0 spiro atoms. The molecule has 0 amide bonds. The highest BCUT2D eigenvalue weighted by molar-refractivity contribution is 9.11. The van der Waals surface area contributed by atoms with Gasteiger partial charge in [0.1, 0.15) is 11.4 Å². The molecule has 252 valence electrons. The first-order valence-corrected chi connectivity index (χ1v) is 18.0. The van der Waals surface area contributed by atoms with Crippen molar-refractivity contribution in [2.24, 2.45) is 0 Å². The van der Waals surface area contributed by atoms with Crippen LogP contribution in [0.1, 0.15) is 107 Å². The molecular weight excluding hydrogens is 657 g/mol. The third-order valence-corrected chi connectivity index (χ3v) is 6.46. The van der Waals surface area contributed by atoms with Crippen molar-refractivity contribution in [3.63, 3.8) is 0 Å². The number of nitrogens with zero attached hydrogens (tertiary/aromatic N) is 3. The van der Waals surface area contributed by atoms with Gasteiger partial charge in [0.05, 0.1) is 6.20 Å². The van der Waals surface area contributed by atoms with E-state index < -0.39 is 0 Å². The summed E-state index contributed by atoms with van der Waals surface area (Å²) >= 11 is 9.69. The van der Waals surface area contributed by atoms with Crippen molar-refractivity contribution in [2.75, 3.05) is 24.6 Å². The molecule has 2 rings (SSSR count). The van der Waals surface area contributed by atoms with E-state index in [0.717, 1.165) is 69.5 Å². The third-order valence-electron chi connectivity index (χ3n) is 5.29. The minimum atomic E-state index is -0.299. The van der Waals surface area contributed by atoms with E-state index in [-0.39, 0.29) is 5.56 Å². The fourth-order valence-electron chi connectivity index (χ4n) is 3.43. The van der Waals surface area contributed by atoms with E-state index in [1.165, 1.54) is 9.16 Å². The predicted molar refractivity (Wildman–Crippen MR) is 204 cm³/mol. The van der Waals surface area contributed by atoms with Crippen molar-refractivity contribution in [1.82, 2.24) is 9.78 Å². The van der Waals surface area contributed by atoms with Crippen LogP contribution in [0.2, 0.25) is 0 Å². The summed E-state index contributed by atoms with van der Waals surface area (Å²) in [6, 6.07) is 0. The van der Waals surface area contributed by atoms with E-state index >= 15 is 0 Å². The molecule has 0 fully saturated rings. The van der Waals surface area contributed by atoms with Gasteiger partial charge in [0.2, 0.25) is 5.75 Å². The van der Waals surface area contributed by atoms with E-state index in [1.54, 1.807) is 36.4 Å². The monoisotopic (exact) mass is 715 g/mol. The quantitative estimate of drug-likeness (QED) is 0.132. The summed E-state index contributed by atoms with van der Waals surface area (Å²) in [4.78, 5) is 15.7. The van der Waals surface area contributed by atoms with E-state index in [2.05, 4.69) is 54.2 Å². The Morgan fingerprint density at radius 2 is 1.80 bits per heavy atom. The lowest BCUT2D eigenvalue weighted by Gasteiger charge is -2.26. The van der Waals surface area contributed by atoms with Crippen LogP contribution >= 0.6 is 36.8 Å². The molecule has 0 aromatic carbocycles. The molecule has 1 aliphatic rings. The molecule has 1 atom stereocenters. The number of hydrogen-bond donors (Lipinski definition) is 1. The molecule has 1 N–H and O–H groups in total. The molecule has 0 saturated heterocycles. The maximum atomic E-state index is 13.5. The minimum absolute atomic E-state index is 0.299. The Hall–Kier alpha value is -1.92. The summed E-state index contributed by atoms with van der Waals surface area (Å²) in [7, 11) is 2.47. The Labute approximate surface area is 285 Å². The average molecular weight is 717 g/mol. The van der Waals surface area contributed by atoms with Crippen LogP contribution in [0.5, 0.6) is 5.75 Å². The zero-order valence-corrected chi connectivity index (χ0v) is 32.3. The SMILES string of the molecule is C/C=C\CCN(CCC)c1cnn(/C=C/C=C(Cl)\C=C/P)c(=O)c1O/C1=C/C/C=C(/Br)CCC1.CC.CC.CC.CCCO. The number of aliphatic hydroxyl groups excluding tert-OH is 1. The molecule has 9 heteroatoms. The molecule has 44 heavy (non-hydrogen) atoms. The summed E-state index contributed by atoms with van der Waals surface area (Å²) in [5.41, 5.74) is 0.423. The molecule has 1 aromatic rings. The number of aliphatic hydroxyl groups is 1. The Morgan fingerprint density at radius 3 is 2.36 bits per heavy atom. The van der Waals surface area contributed by atoms with Crippen LogP contribution in [0.3, 0.4) is 0 Å². The summed E-state index contributed by atoms with van der Waals surface area (Å²) in [5.74, 6) is 2.89. The standard InChI is InChI=1S/C26H34BrClN3O2P.C3H8O.3C2H6/c1-3-5-6-17-30(16-4-2)24-20-29-31(18-9-12-22(28)15-19-34)26(32)25(24)33-23-13-7-10-21(27)11-8-14-23;1-2-3-4;3*1-2/h3,5,9-10,12-13,15,18-20H,4,6-8,11,14,16-17,34H2,1-2H3;4H,2-3H2,1H3;3*1-2H3/b5-3-,18-9+,19-15-,21-10+,22-12+,23-13+;;;;. The van der Waals surface area contributed by atoms with Crippen molar-refractivity contribution in [3.8, 4) is 5.75 Å². The summed E-state index contributed by atoms with van der Waals surface area (Å²) in [6.07, 6.45) is 22.9. The van der Waals surface area contributed by atoms with E-state index in [0.29, 0.717) is 17.4 Å². The van der Waals surface area contributed by atoms with Gasteiger partial charge in [0, 0.05) is 37.3 Å². The molecule has 1 unspecified atom stereocenters. The average Bonchev–Trinajstić information content (AvgIpc) is 3.04. The Kier molecular flexibility index (Phi) is 35.9. The molecule has 0 bridgehead atoms. The number of anilines is 1. The van der Waals surface area contributed by atoms with E-state index in [1.807, 2.05) is 67.5 Å². The van der Waals surface area contributed by atoms with Crippen molar-refractivity contribution in [3.05, 3.63) is 80.2 Å². The van der Waals surface area contributed by atoms with E-state index in [4.69, 9.17) is 21.4 Å². The van der Waals surface area contributed by atoms with Crippen LogP contribution in [0.4, 0.5) is 5.69 Å². The number of rotatable bonds is 12. The van der Waals surface area contributed by atoms with Crippen LogP contribution < -0.4 is 15.2 Å². The van der Waals surface area contributed by atoms with Crippen molar-refractivity contribution in [1.29, 1.82) is 0 Å². The minimum Gasteiger partial charge on any atom is -0.454 e. The normalized spacial score (nSPS) is 15.4. The molecule has 0 aliphatic heterocycles. The number of hydrogen-bond acceptors (Lipinski definition) is 5. The Balaban J connectivity index is -0.00000150. The van der Waals surface area contributed by atoms with Gasteiger partial charge in [-0.1, -0.05) is 107 Å². The van der Waals surface area contributed by atoms with Crippen molar-refractivity contribution >= 4 is 48.7 Å².